The molecule has 2 aromatic heterocycles. The third kappa shape index (κ3) is 3.21. The molecule has 2 N–H and O–H groups in total. The van der Waals surface area contributed by atoms with Crippen LogP contribution in [0.3, 0.4) is 0 Å². The Balaban J connectivity index is 1.36. The van der Waals surface area contributed by atoms with E-state index in [0.29, 0.717) is 11.7 Å². The van der Waals surface area contributed by atoms with E-state index in [9.17, 15) is 4.79 Å². The molecule has 2 aromatic rings. The van der Waals surface area contributed by atoms with Crippen molar-refractivity contribution in [1.82, 2.24) is 30.4 Å². The van der Waals surface area contributed by atoms with Crippen LogP contribution in [0.2, 0.25) is 0 Å². The van der Waals surface area contributed by atoms with Gasteiger partial charge in [0.25, 0.3) is 0 Å². The number of nitrogens with one attached hydrogen (secondary N) is 2. The Hall–Kier alpha value is -1.62. The van der Waals surface area contributed by atoms with E-state index >= 15 is 0 Å². The van der Waals surface area contributed by atoms with Gasteiger partial charge in [-0.05, 0) is 56.9 Å². The zero-order chi connectivity index (χ0) is 21.1. The van der Waals surface area contributed by atoms with Crippen LogP contribution in [0.4, 0.5) is 5.95 Å². The summed E-state index contributed by atoms with van der Waals surface area (Å²) in [5.41, 5.74) is 6.41. The topological polar surface area (TPSA) is 78.3 Å². The van der Waals surface area contributed by atoms with Crippen LogP contribution in [-0.2, 0) is 11.2 Å². The third-order valence-corrected chi connectivity index (χ3v) is 9.10. The molecule has 0 bridgehead atoms. The molecule has 0 radical (unpaired) electrons. The molecule has 0 saturated carbocycles. The van der Waals surface area contributed by atoms with Crippen LogP contribution >= 0.6 is 23.1 Å². The summed E-state index contributed by atoms with van der Waals surface area (Å²) in [7, 11) is 0. The normalized spacial score (nSPS) is 27.0. The van der Waals surface area contributed by atoms with Gasteiger partial charge in [0.2, 0.25) is 11.9 Å². The number of carbonyl (C=O) groups excluding carboxylic acids is 1. The maximum atomic E-state index is 12.8. The molecule has 4 aliphatic rings. The molecule has 1 aliphatic carbocycles. The Morgan fingerprint density at radius 2 is 2.00 bits per heavy atom. The first-order chi connectivity index (χ1) is 15.1. The lowest BCUT2D eigenvalue weighted by molar-refractivity contribution is -0.129. The molecule has 0 aromatic carbocycles. The molecule has 3 atom stereocenters. The fraction of sp³-hybridized carbons (Fsp3) is 0.667. The Labute approximate surface area is 190 Å². The predicted molar refractivity (Wildman–Crippen MR) is 123 cm³/mol. The van der Waals surface area contributed by atoms with Crippen molar-refractivity contribution in [3.05, 3.63) is 16.0 Å². The molecule has 0 spiro atoms. The minimum Gasteiger partial charge on any atom is -0.342 e. The van der Waals surface area contributed by atoms with Crippen molar-refractivity contribution in [3.8, 4) is 5.00 Å². The number of aromatic nitrogens is 3. The SMILES string of the molecule is CC1NC2c3c(sc4c3[C@H](C)CCC4)-n3c(SCC(=O)N4CCCCC4)nnc3N2N1. The van der Waals surface area contributed by atoms with Crippen molar-refractivity contribution < 1.29 is 4.79 Å². The fourth-order valence-electron chi connectivity index (χ4n) is 5.43. The standard InChI is InChI=1S/C21H29N7OS2/c1-12-7-6-8-14-16(12)17-18-22-13(2)25-28(18)20-23-24-21(27(20)19(17)31-14)30-11-15(29)26-9-4-3-5-10-26/h12-13,18,22,25H,3-11H2,1-2H3/t12-,13?,18?/m1/s1. The van der Waals surface area contributed by atoms with Crippen LogP contribution in [0.1, 0.15) is 74.0 Å². The van der Waals surface area contributed by atoms with Crippen molar-refractivity contribution in [1.29, 1.82) is 0 Å². The van der Waals surface area contributed by atoms with Crippen LogP contribution in [0.15, 0.2) is 5.16 Å². The molecule has 10 heteroatoms. The number of amides is 1. The minimum absolute atomic E-state index is 0.0788. The van der Waals surface area contributed by atoms with Crippen LogP contribution in [0.25, 0.3) is 5.00 Å². The average molecular weight is 460 g/mol. The lowest BCUT2D eigenvalue weighted by atomic mass is 9.85. The highest BCUT2D eigenvalue weighted by molar-refractivity contribution is 7.99. The molecule has 2 unspecified atom stereocenters. The lowest BCUT2D eigenvalue weighted by Crippen LogP contribution is -2.40. The molecular weight excluding hydrogens is 430 g/mol. The second-order valence-electron chi connectivity index (χ2n) is 9.09. The number of hydrazine groups is 1. The van der Waals surface area contributed by atoms with E-state index in [4.69, 9.17) is 0 Å². The summed E-state index contributed by atoms with van der Waals surface area (Å²) in [6, 6.07) is 0. The molecule has 8 nitrogen and oxygen atoms in total. The second kappa shape index (κ2) is 7.75. The number of piperidine rings is 1. The monoisotopic (exact) mass is 459 g/mol. The zero-order valence-electron chi connectivity index (χ0n) is 18.1. The van der Waals surface area contributed by atoms with Crippen LogP contribution in [-0.4, -0.2) is 50.6 Å². The summed E-state index contributed by atoms with van der Waals surface area (Å²) in [6.45, 7) is 6.27. The first kappa shape index (κ1) is 20.0. The fourth-order valence-corrected chi connectivity index (χ4v) is 7.81. The molecule has 31 heavy (non-hydrogen) atoms. The van der Waals surface area contributed by atoms with E-state index in [0.717, 1.165) is 43.5 Å². The summed E-state index contributed by atoms with van der Waals surface area (Å²) in [4.78, 5) is 16.3. The summed E-state index contributed by atoms with van der Waals surface area (Å²) in [5, 5.41) is 16.9. The number of hydrogen-bond donors (Lipinski definition) is 2. The third-order valence-electron chi connectivity index (χ3n) is 6.92. The highest BCUT2D eigenvalue weighted by Gasteiger charge is 2.44. The molecule has 5 heterocycles. The van der Waals surface area contributed by atoms with E-state index < -0.39 is 0 Å². The maximum Gasteiger partial charge on any atom is 0.249 e. The number of aryl methyl sites for hydroxylation is 1. The Morgan fingerprint density at radius 1 is 1.16 bits per heavy atom. The highest BCUT2D eigenvalue weighted by Crippen LogP contribution is 2.50. The number of nitrogens with zero attached hydrogens (tertiary/aromatic N) is 5. The van der Waals surface area contributed by atoms with Crippen molar-refractivity contribution in [2.24, 2.45) is 0 Å². The van der Waals surface area contributed by atoms with Crippen molar-refractivity contribution >= 4 is 35.0 Å². The van der Waals surface area contributed by atoms with Crippen molar-refractivity contribution in [2.45, 2.75) is 75.8 Å². The van der Waals surface area contributed by atoms with E-state index in [2.05, 4.69) is 44.4 Å². The van der Waals surface area contributed by atoms with Gasteiger partial charge >= 0.3 is 0 Å². The largest absolute Gasteiger partial charge is 0.342 e. The summed E-state index contributed by atoms with van der Waals surface area (Å²) >= 11 is 3.41. The summed E-state index contributed by atoms with van der Waals surface area (Å²) in [6.07, 6.45) is 7.36. The van der Waals surface area contributed by atoms with Gasteiger partial charge in [0.15, 0.2) is 5.16 Å². The Kier molecular flexibility index (Phi) is 5.01. The average Bonchev–Trinajstić information content (AvgIpc) is 3.47. The molecule has 6 rings (SSSR count). The molecular formula is C21H29N7OS2. The quantitative estimate of drug-likeness (QED) is 0.683. The minimum atomic E-state index is 0.0788. The summed E-state index contributed by atoms with van der Waals surface area (Å²) in [5.74, 6) is 2.01. The number of thioether (sulfide) groups is 1. The van der Waals surface area contributed by atoms with Gasteiger partial charge in [-0.3, -0.25) is 15.1 Å². The van der Waals surface area contributed by atoms with Crippen LogP contribution in [0, 0.1) is 0 Å². The second-order valence-corrected chi connectivity index (χ2v) is 11.1. The van der Waals surface area contributed by atoms with E-state index in [1.54, 1.807) is 0 Å². The van der Waals surface area contributed by atoms with Gasteiger partial charge in [0.05, 0.1) is 11.9 Å². The maximum absolute atomic E-state index is 12.8. The molecule has 166 valence electrons. The van der Waals surface area contributed by atoms with Gasteiger partial charge in [-0.2, -0.15) is 0 Å². The van der Waals surface area contributed by atoms with Crippen LogP contribution in [0.5, 0.6) is 0 Å². The molecule has 2 saturated heterocycles. The number of likely N-dealkylation sites (tertiary alicyclic amines) is 1. The van der Waals surface area contributed by atoms with Gasteiger partial charge in [-0.15, -0.1) is 21.5 Å². The first-order valence-electron chi connectivity index (χ1n) is 11.4. The molecule has 1 amide bonds. The Morgan fingerprint density at radius 3 is 2.84 bits per heavy atom. The van der Waals surface area contributed by atoms with E-state index in [1.165, 1.54) is 52.0 Å². The van der Waals surface area contributed by atoms with Crippen molar-refractivity contribution in [3.63, 3.8) is 0 Å². The van der Waals surface area contributed by atoms with Gasteiger partial charge in [0, 0.05) is 23.5 Å². The van der Waals surface area contributed by atoms with Gasteiger partial charge in [-0.25, -0.2) is 9.99 Å². The number of rotatable bonds is 3. The molecule has 2 fully saturated rings. The van der Waals surface area contributed by atoms with Gasteiger partial charge in [-0.1, -0.05) is 18.7 Å². The smallest absolute Gasteiger partial charge is 0.249 e. The highest BCUT2D eigenvalue weighted by atomic mass is 32.2. The van der Waals surface area contributed by atoms with E-state index in [-0.39, 0.29) is 18.2 Å². The predicted octanol–water partition coefficient (Wildman–Crippen LogP) is 3.15. The van der Waals surface area contributed by atoms with Gasteiger partial charge < -0.3 is 4.90 Å². The first-order valence-corrected chi connectivity index (χ1v) is 13.3. The number of hydrogen-bond acceptors (Lipinski definition) is 8. The Bertz CT molecular complexity index is 1010. The van der Waals surface area contributed by atoms with Crippen molar-refractivity contribution in [2.75, 3.05) is 23.9 Å². The molecule has 3 aliphatic heterocycles. The van der Waals surface area contributed by atoms with Crippen LogP contribution < -0.4 is 15.8 Å². The van der Waals surface area contributed by atoms with E-state index in [1.807, 2.05) is 16.2 Å². The number of anilines is 1. The number of carbonyl (C=O) groups is 1. The van der Waals surface area contributed by atoms with Gasteiger partial charge in [0.1, 0.15) is 11.2 Å². The lowest BCUT2D eigenvalue weighted by Gasteiger charge is -2.32. The number of thiophene rings is 1. The summed E-state index contributed by atoms with van der Waals surface area (Å²) < 4.78 is 2.18. The zero-order valence-corrected chi connectivity index (χ0v) is 19.7. The number of fused-ring (bicyclic) bond motifs is 8.